The second-order valence-electron chi connectivity index (χ2n) is 5.97. The lowest BCUT2D eigenvalue weighted by molar-refractivity contribution is 0.239. The van der Waals surface area contributed by atoms with Gasteiger partial charge < -0.3 is 10.5 Å². The van der Waals surface area contributed by atoms with Gasteiger partial charge in [-0.3, -0.25) is 4.90 Å². The topological polar surface area (TPSA) is 38.5 Å². The number of hydrogen-bond donors (Lipinski definition) is 1. The molecule has 0 aliphatic carbocycles. The summed E-state index contributed by atoms with van der Waals surface area (Å²) in [7, 11) is 2.13. The summed E-state index contributed by atoms with van der Waals surface area (Å²) in [4.78, 5) is 2.30. The summed E-state index contributed by atoms with van der Waals surface area (Å²) in [6.07, 6.45) is 0.155. The lowest BCUT2D eigenvalue weighted by Crippen LogP contribution is -2.17. The van der Waals surface area contributed by atoms with Crippen molar-refractivity contribution in [2.24, 2.45) is 5.73 Å². The van der Waals surface area contributed by atoms with Gasteiger partial charge in [0.2, 0.25) is 0 Å². The maximum absolute atomic E-state index is 5.88. The molecular formula is C19H26N2O. The Balaban J connectivity index is 2.05. The van der Waals surface area contributed by atoms with E-state index in [1.165, 1.54) is 11.1 Å². The first-order valence-electron chi connectivity index (χ1n) is 7.79. The van der Waals surface area contributed by atoms with Crippen LogP contribution in [0.15, 0.2) is 48.5 Å². The molecule has 0 radical (unpaired) electrons. The molecule has 3 nitrogen and oxygen atoms in total. The van der Waals surface area contributed by atoms with Crippen molar-refractivity contribution in [3.8, 4) is 5.75 Å². The Bertz CT molecular complexity index is 581. The lowest BCUT2D eigenvalue weighted by Gasteiger charge is -2.19. The largest absolute Gasteiger partial charge is 0.491 e. The van der Waals surface area contributed by atoms with Gasteiger partial charge in [0.15, 0.2) is 0 Å². The van der Waals surface area contributed by atoms with Crippen molar-refractivity contribution in [1.29, 1.82) is 0 Å². The van der Waals surface area contributed by atoms with Crippen molar-refractivity contribution < 1.29 is 4.74 Å². The van der Waals surface area contributed by atoms with Crippen LogP contribution in [-0.4, -0.2) is 18.1 Å². The fourth-order valence-corrected chi connectivity index (χ4v) is 2.49. The normalized spacial score (nSPS) is 11.2. The Morgan fingerprint density at radius 1 is 1.00 bits per heavy atom. The van der Waals surface area contributed by atoms with Gasteiger partial charge in [0.05, 0.1) is 6.10 Å². The molecule has 0 aromatic heterocycles. The highest BCUT2D eigenvalue weighted by atomic mass is 16.5. The first-order chi connectivity index (χ1) is 10.6. The first kappa shape index (κ1) is 16.5. The summed E-state index contributed by atoms with van der Waals surface area (Å²) in [6, 6.07) is 16.8. The third kappa shape index (κ3) is 4.86. The van der Waals surface area contributed by atoms with Crippen LogP contribution in [0.5, 0.6) is 5.75 Å². The maximum atomic E-state index is 5.88. The van der Waals surface area contributed by atoms with Crippen LogP contribution in [0.3, 0.4) is 0 Å². The Labute approximate surface area is 133 Å². The van der Waals surface area contributed by atoms with Crippen LogP contribution < -0.4 is 10.5 Å². The van der Waals surface area contributed by atoms with E-state index in [1.807, 2.05) is 19.9 Å². The van der Waals surface area contributed by atoms with Gasteiger partial charge >= 0.3 is 0 Å². The average molecular weight is 298 g/mol. The molecule has 3 heteroatoms. The molecule has 2 N–H and O–H groups in total. The number of nitrogens with zero attached hydrogens (tertiary/aromatic N) is 1. The fourth-order valence-electron chi connectivity index (χ4n) is 2.49. The third-order valence-corrected chi connectivity index (χ3v) is 3.46. The fraction of sp³-hybridized carbons (Fsp3) is 0.368. The monoisotopic (exact) mass is 298 g/mol. The Kier molecular flexibility index (Phi) is 5.99. The molecule has 2 aromatic carbocycles. The van der Waals surface area contributed by atoms with Gasteiger partial charge in [-0.2, -0.15) is 0 Å². The zero-order valence-electron chi connectivity index (χ0n) is 13.8. The Morgan fingerprint density at radius 3 is 2.32 bits per heavy atom. The number of rotatable bonds is 7. The number of nitrogens with two attached hydrogens (primary N) is 1. The lowest BCUT2D eigenvalue weighted by atomic mass is 10.1. The zero-order chi connectivity index (χ0) is 15.9. The minimum Gasteiger partial charge on any atom is -0.491 e. The van der Waals surface area contributed by atoms with E-state index in [9.17, 15) is 0 Å². The van der Waals surface area contributed by atoms with Gasteiger partial charge in [-0.05, 0) is 38.1 Å². The summed E-state index contributed by atoms with van der Waals surface area (Å²) >= 11 is 0. The molecule has 22 heavy (non-hydrogen) atoms. The Hall–Kier alpha value is -1.84. The molecule has 0 saturated carbocycles. The molecule has 0 unspecified atom stereocenters. The molecule has 2 rings (SSSR count). The van der Waals surface area contributed by atoms with Gasteiger partial charge in [-0.25, -0.2) is 0 Å². The predicted octanol–water partition coefficient (Wildman–Crippen LogP) is 3.56. The highest BCUT2D eigenvalue weighted by molar-refractivity contribution is 5.37. The van der Waals surface area contributed by atoms with Gasteiger partial charge in [-0.1, -0.05) is 42.5 Å². The molecule has 0 heterocycles. The van der Waals surface area contributed by atoms with Crippen LogP contribution in [0.1, 0.15) is 30.5 Å². The van der Waals surface area contributed by atoms with Crippen LogP contribution in [0, 0.1) is 0 Å². The van der Waals surface area contributed by atoms with Crippen LogP contribution >= 0.6 is 0 Å². The first-order valence-corrected chi connectivity index (χ1v) is 7.79. The third-order valence-electron chi connectivity index (χ3n) is 3.46. The van der Waals surface area contributed by atoms with Gasteiger partial charge in [0, 0.05) is 25.2 Å². The molecule has 0 atom stereocenters. The standard InChI is InChI=1S/C19H26N2O/c1-15(2)22-19-11-17(9-10-18(19)12-20)14-21(3)13-16-7-5-4-6-8-16/h4-11,15H,12-14,20H2,1-3H3. The van der Waals surface area contributed by atoms with Crippen molar-refractivity contribution in [1.82, 2.24) is 4.90 Å². The minimum atomic E-state index is 0.155. The van der Waals surface area contributed by atoms with Crippen LogP contribution in [-0.2, 0) is 19.6 Å². The molecule has 118 valence electrons. The quantitative estimate of drug-likeness (QED) is 0.849. The molecule has 0 amide bonds. The van der Waals surface area contributed by atoms with Crippen molar-refractivity contribution in [2.45, 2.75) is 39.6 Å². The summed E-state index contributed by atoms with van der Waals surface area (Å²) in [5.74, 6) is 0.906. The highest BCUT2D eigenvalue weighted by Crippen LogP contribution is 2.22. The van der Waals surface area contributed by atoms with E-state index in [0.29, 0.717) is 6.54 Å². The summed E-state index contributed by atoms with van der Waals surface area (Å²) in [5, 5.41) is 0. The van der Waals surface area contributed by atoms with Gasteiger partial charge in [0.25, 0.3) is 0 Å². The highest BCUT2D eigenvalue weighted by Gasteiger charge is 2.08. The van der Waals surface area contributed by atoms with E-state index < -0.39 is 0 Å². The molecule has 0 saturated heterocycles. The average Bonchev–Trinajstić information content (AvgIpc) is 2.48. The van der Waals surface area contributed by atoms with Crippen LogP contribution in [0.25, 0.3) is 0 Å². The van der Waals surface area contributed by atoms with E-state index in [4.69, 9.17) is 10.5 Å². The molecular weight excluding hydrogens is 272 g/mol. The van der Waals surface area contributed by atoms with Crippen molar-refractivity contribution in [3.63, 3.8) is 0 Å². The molecule has 0 spiro atoms. The van der Waals surface area contributed by atoms with E-state index in [0.717, 1.165) is 24.4 Å². The Morgan fingerprint density at radius 2 is 1.68 bits per heavy atom. The van der Waals surface area contributed by atoms with Crippen molar-refractivity contribution in [3.05, 3.63) is 65.2 Å². The van der Waals surface area contributed by atoms with Crippen molar-refractivity contribution in [2.75, 3.05) is 7.05 Å². The van der Waals surface area contributed by atoms with E-state index in [2.05, 4.69) is 54.4 Å². The predicted molar refractivity (Wildman–Crippen MR) is 91.7 cm³/mol. The summed E-state index contributed by atoms with van der Waals surface area (Å²) in [6.45, 7) is 6.39. The SMILES string of the molecule is CC(C)Oc1cc(CN(C)Cc2ccccc2)ccc1CN. The van der Waals surface area contributed by atoms with Gasteiger partial charge in [0.1, 0.15) is 5.75 Å². The van der Waals surface area contributed by atoms with E-state index in [-0.39, 0.29) is 6.10 Å². The van der Waals surface area contributed by atoms with Crippen LogP contribution in [0.4, 0.5) is 0 Å². The molecule has 0 aliphatic heterocycles. The minimum absolute atomic E-state index is 0.155. The number of benzene rings is 2. The summed E-state index contributed by atoms with van der Waals surface area (Å²) < 4.78 is 5.88. The molecule has 0 aliphatic rings. The second kappa shape index (κ2) is 7.97. The van der Waals surface area contributed by atoms with E-state index >= 15 is 0 Å². The second-order valence-corrected chi connectivity index (χ2v) is 5.97. The summed E-state index contributed by atoms with van der Waals surface area (Å²) in [5.41, 5.74) is 9.41. The molecule has 0 fully saturated rings. The van der Waals surface area contributed by atoms with Crippen molar-refractivity contribution >= 4 is 0 Å². The number of ether oxygens (including phenoxy) is 1. The smallest absolute Gasteiger partial charge is 0.124 e. The van der Waals surface area contributed by atoms with Gasteiger partial charge in [-0.15, -0.1) is 0 Å². The van der Waals surface area contributed by atoms with E-state index in [1.54, 1.807) is 0 Å². The molecule has 0 bridgehead atoms. The van der Waals surface area contributed by atoms with Crippen LogP contribution in [0.2, 0.25) is 0 Å². The maximum Gasteiger partial charge on any atom is 0.124 e. The number of hydrogen-bond acceptors (Lipinski definition) is 3. The molecule has 2 aromatic rings. The zero-order valence-corrected chi connectivity index (χ0v) is 13.8.